The summed E-state index contributed by atoms with van der Waals surface area (Å²) in [5, 5.41) is 27.7. The van der Waals surface area contributed by atoms with Crippen molar-refractivity contribution >= 4 is 41.1 Å². The molecule has 0 aliphatic rings. The zero-order chi connectivity index (χ0) is 22.9. The van der Waals surface area contributed by atoms with Crippen molar-refractivity contribution in [3.05, 3.63) is 54.5 Å². The highest BCUT2D eigenvalue weighted by atomic mass is 35.5. The van der Waals surface area contributed by atoms with E-state index in [0.29, 0.717) is 12.4 Å². The molecule has 33 heavy (non-hydrogen) atoms. The highest BCUT2D eigenvalue weighted by molar-refractivity contribution is 6.00. The van der Waals surface area contributed by atoms with Gasteiger partial charge in [0.15, 0.2) is 0 Å². The van der Waals surface area contributed by atoms with E-state index in [4.69, 9.17) is 9.84 Å². The molecule has 0 bridgehead atoms. The summed E-state index contributed by atoms with van der Waals surface area (Å²) in [7, 11) is 0. The molecule has 2 heterocycles. The van der Waals surface area contributed by atoms with E-state index < -0.39 is 18.8 Å². The number of carbonyl (C=O) groups excluding carboxylic acids is 2. The second-order valence-corrected chi connectivity index (χ2v) is 6.90. The molecule has 1 atom stereocenters. The molecule has 0 spiro atoms. The second kappa shape index (κ2) is 12.5. The Morgan fingerprint density at radius 3 is 2.58 bits per heavy atom. The summed E-state index contributed by atoms with van der Waals surface area (Å²) in [6.45, 7) is 1.67. The van der Waals surface area contributed by atoms with Crippen LogP contribution in [0.5, 0.6) is 0 Å². The zero-order valence-corrected chi connectivity index (χ0v) is 18.8. The van der Waals surface area contributed by atoms with Gasteiger partial charge in [0.05, 0.1) is 6.61 Å². The zero-order valence-electron chi connectivity index (χ0n) is 17.9. The predicted molar refractivity (Wildman–Crippen MR) is 126 cm³/mol. The molecule has 0 aliphatic carbocycles. The van der Waals surface area contributed by atoms with Crippen LogP contribution in [-0.2, 0) is 11.3 Å². The average Bonchev–Trinajstić information content (AvgIpc) is 2.81. The van der Waals surface area contributed by atoms with Gasteiger partial charge < -0.3 is 25.6 Å². The maximum atomic E-state index is 11.9. The van der Waals surface area contributed by atoms with Gasteiger partial charge in [0.25, 0.3) is 0 Å². The maximum Gasteiger partial charge on any atom is 0.407 e. The number of amides is 3. The number of ether oxygens (including phenoxy) is 1. The molecule has 5 N–H and O–H groups in total. The summed E-state index contributed by atoms with van der Waals surface area (Å²) in [5.74, 6) is 0.390. The first-order valence-corrected chi connectivity index (χ1v) is 10.1. The van der Waals surface area contributed by atoms with Gasteiger partial charge in [0, 0.05) is 37.1 Å². The number of aromatic nitrogens is 2. The largest absolute Gasteiger partial charge is 0.447 e. The molecule has 1 unspecified atom stereocenters. The summed E-state index contributed by atoms with van der Waals surface area (Å²) in [6, 6.07) is 8.99. The van der Waals surface area contributed by atoms with Crippen LogP contribution in [0.3, 0.4) is 0 Å². The Hall–Kier alpha value is -3.47. The number of aliphatic hydroxyl groups excluding tert-OH is 2. The minimum atomic E-state index is -1.12. The lowest BCUT2D eigenvalue weighted by Gasteiger charge is -2.14. The van der Waals surface area contributed by atoms with Crippen LogP contribution in [0.25, 0.3) is 21.9 Å². The van der Waals surface area contributed by atoms with Crippen molar-refractivity contribution in [1.82, 2.24) is 20.6 Å². The Balaban J connectivity index is 0.00000385. The van der Waals surface area contributed by atoms with Gasteiger partial charge in [0.1, 0.15) is 18.5 Å². The van der Waals surface area contributed by atoms with Crippen LogP contribution < -0.4 is 16.0 Å². The predicted octanol–water partition coefficient (Wildman–Crippen LogP) is 2.44. The van der Waals surface area contributed by atoms with Gasteiger partial charge in [-0.15, -0.1) is 12.4 Å². The summed E-state index contributed by atoms with van der Waals surface area (Å²) >= 11 is 0. The minimum Gasteiger partial charge on any atom is -0.447 e. The van der Waals surface area contributed by atoms with Crippen LogP contribution in [-0.4, -0.2) is 58.2 Å². The molecule has 3 rings (SSSR count). The first-order chi connectivity index (χ1) is 15.5. The number of nitrogens with one attached hydrogen (secondary N) is 3. The van der Waals surface area contributed by atoms with Crippen LogP contribution in [0.2, 0.25) is 0 Å². The van der Waals surface area contributed by atoms with Crippen LogP contribution >= 0.6 is 12.4 Å². The smallest absolute Gasteiger partial charge is 0.407 e. The van der Waals surface area contributed by atoms with Gasteiger partial charge in [0.2, 0.25) is 0 Å². The van der Waals surface area contributed by atoms with Crippen molar-refractivity contribution in [2.45, 2.75) is 19.6 Å². The average molecular weight is 476 g/mol. The summed E-state index contributed by atoms with van der Waals surface area (Å²) in [6.07, 6.45) is 3.19. The first-order valence-electron chi connectivity index (χ1n) is 10.1. The standard InChI is InChI=1S/C22H25N5O5.ClH/c1-2-24-21(30)27-20-9-18-17(14-5-7-23-8-6-14)4-3-15(19(18)11-25-20)10-26-22(31)32-13-16(29)12-28;/h3-9,11,16,28-29H,2,10,12-13H2,1H3,(H,26,31)(H2,24,25,27,30);1H. The van der Waals surface area contributed by atoms with Crippen molar-refractivity contribution in [1.29, 1.82) is 0 Å². The molecular weight excluding hydrogens is 450 g/mol. The third kappa shape index (κ3) is 7.01. The third-order valence-electron chi connectivity index (χ3n) is 4.60. The van der Waals surface area contributed by atoms with Crippen molar-refractivity contribution in [3.63, 3.8) is 0 Å². The van der Waals surface area contributed by atoms with E-state index in [-0.39, 0.29) is 31.6 Å². The van der Waals surface area contributed by atoms with Crippen molar-refractivity contribution in [2.24, 2.45) is 0 Å². The molecule has 11 heteroatoms. The molecule has 0 radical (unpaired) electrons. The fraction of sp³-hybridized carbons (Fsp3) is 0.273. The summed E-state index contributed by atoms with van der Waals surface area (Å²) in [4.78, 5) is 32.2. The van der Waals surface area contributed by atoms with Gasteiger partial charge >= 0.3 is 12.1 Å². The van der Waals surface area contributed by atoms with Gasteiger partial charge in [-0.05, 0) is 47.2 Å². The number of hydrogen-bond donors (Lipinski definition) is 5. The lowest BCUT2D eigenvalue weighted by atomic mass is 9.96. The third-order valence-corrected chi connectivity index (χ3v) is 4.60. The number of aliphatic hydroxyl groups is 2. The monoisotopic (exact) mass is 475 g/mol. The maximum absolute atomic E-state index is 11.9. The molecule has 3 amide bonds. The molecule has 0 fully saturated rings. The topological polar surface area (TPSA) is 146 Å². The van der Waals surface area contributed by atoms with Crippen molar-refractivity contribution in [3.8, 4) is 11.1 Å². The Morgan fingerprint density at radius 1 is 1.12 bits per heavy atom. The fourth-order valence-electron chi connectivity index (χ4n) is 3.07. The van der Waals surface area contributed by atoms with Crippen LogP contribution in [0.1, 0.15) is 12.5 Å². The van der Waals surface area contributed by atoms with E-state index >= 15 is 0 Å². The molecular formula is C22H26ClN5O5. The minimum absolute atomic E-state index is 0. The Bertz CT molecular complexity index is 1080. The van der Waals surface area contributed by atoms with E-state index in [1.54, 1.807) is 24.7 Å². The number of anilines is 1. The van der Waals surface area contributed by atoms with Crippen LogP contribution in [0, 0.1) is 0 Å². The molecule has 2 aromatic heterocycles. The number of rotatable bonds is 8. The normalized spacial score (nSPS) is 11.2. The molecule has 0 saturated carbocycles. The van der Waals surface area contributed by atoms with Gasteiger partial charge in [-0.1, -0.05) is 12.1 Å². The van der Waals surface area contributed by atoms with Gasteiger partial charge in [-0.25, -0.2) is 14.6 Å². The highest BCUT2D eigenvalue weighted by Gasteiger charge is 2.13. The molecule has 176 valence electrons. The van der Waals surface area contributed by atoms with E-state index in [2.05, 4.69) is 25.9 Å². The molecule has 0 saturated heterocycles. The number of alkyl carbamates (subject to hydrolysis) is 1. The first kappa shape index (κ1) is 25.8. The Kier molecular flexibility index (Phi) is 9.80. The second-order valence-electron chi connectivity index (χ2n) is 6.90. The van der Waals surface area contributed by atoms with Crippen molar-refractivity contribution in [2.75, 3.05) is 25.1 Å². The molecule has 3 aromatic rings. The number of urea groups is 1. The van der Waals surface area contributed by atoms with Crippen LogP contribution in [0.15, 0.2) is 48.9 Å². The van der Waals surface area contributed by atoms with E-state index in [1.165, 1.54) is 0 Å². The SMILES string of the molecule is CCNC(=O)Nc1cc2c(-c3ccncc3)ccc(CNC(=O)OCC(O)CO)c2cn1.Cl. The number of carbonyl (C=O) groups is 2. The molecule has 10 nitrogen and oxygen atoms in total. The summed E-state index contributed by atoms with van der Waals surface area (Å²) in [5.41, 5.74) is 2.65. The van der Waals surface area contributed by atoms with E-state index in [9.17, 15) is 14.7 Å². The Labute approximate surface area is 196 Å². The number of pyridine rings is 2. The number of hydrogen-bond acceptors (Lipinski definition) is 7. The fourth-order valence-corrected chi connectivity index (χ4v) is 3.07. The van der Waals surface area contributed by atoms with Gasteiger partial charge in [-0.3, -0.25) is 10.3 Å². The molecule has 1 aromatic carbocycles. The number of benzene rings is 1. The molecule has 0 aliphatic heterocycles. The van der Waals surface area contributed by atoms with E-state index in [1.807, 2.05) is 31.2 Å². The van der Waals surface area contributed by atoms with Gasteiger partial charge in [-0.2, -0.15) is 0 Å². The lowest BCUT2D eigenvalue weighted by molar-refractivity contribution is 0.0320. The lowest BCUT2D eigenvalue weighted by Crippen LogP contribution is -2.29. The number of halogens is 1. The van der Waals surface area contributed by atoms with Crippen LogP contribution in [0.4, 0.5) is 15.4 Å². The quantitative estimate of drug-likeness (QED) is 0.336. The summed E-state index contributed by atoms with van der Waals surface area (Å²) < 4.78 is 4.87. The number of fused-ring (bicyclic) bond motifs is 1. The Morgan fingerprint density at radius 2 is 1.88 bits per heavy atom. The number of nitrogens with zero attached hydrogens (tertiary/aromatic N) is 2. The highest BCUT2D eigenvalue weighted by Crippen LogP contribution is 2.31. The van der Waals surface area contributed by atoms with Crippen molar-refractivity contribution < 1.29 is 24.5 Å². The van der Waals surface area contributed by atoms with E-state index in [0.717, 1.165) is 27.5 Å².